The number of ether oxygens (including phenoxy) is 1. The average molecular weight is 866 g/mol. The van der Waals surface area contributed by atoms with Gasteiger partial charge < -0.3 is 25.4 Å². The van der Waals surface area contributed by atoms with E-state index in [0.717, 1.165) is 57.7 Å². The molecule has 0 amide bonds. The molecular weight excluding hydrogens is 818 g/mol. The van der Waals surface area contributed by atoms with Crippen molar-refractivity contribution in [2.75, 3.05) is 63.1 Å². The zero-order valence-electron chi connectivity index (χ0n) is 34.4. The Kier molecular flexibility index (Phi) is 11.1. The van der Waals surface area contributed by atoms with Crippen molar-refractivity contribution in [3.8, 4) is 17.3 Å². The summed E-state index contributed by atoms with van der Waals surface area (Å²) in [7, 11) is 0. The van der Waals surface area contributed by atoms with Crippen LogP contribution in [0.2, 0.25) is 5.02 Å². The fraction of sp³-hybridized carbons (Fsp3) is 0.354. The summed E-state index contributed by atoms with van der Waals surface area (Å²) in [6.45, 7) is 6.76. The number of aliphatic hydroxyl groups is 1. The van der Waals surface area contributed by atoms with Crippen LogP contribution in [0.1, 0.15) is 54.9 Å². The number of hydrogen-bond acceptors (Lipinski definition) is 9. The van der Waals surface area contributed by atoms with Crippen molar-refractivity contribution in [2.45, 2.75) is 49.9 Å². The molecule has 1 atom stereocenters. The summed E-state index contributed by atoms with van der Waals surface area (Å²) in [6.07, 6.45) is -0.622. The number of rotatable bonds is 11. The molecule has 0 unspecified atom stereocenters. The number of halogens is 5. The monoisotopic (exact) mass is 865 g/mol. The minimum absolute atomic E-state index is 0.0821. The number of alkyl halides is 3. The molecule has 3 aliphatic rings. The molecule has 2 saturated heterocycles. The van der Waals surface area contributed by atoms with Gasteiger partial charge in [0.1, 0.15) is 17.0 Å². The number of fused-ring (bicyclic) bond motifs is 1. The van der Waals surface area contributed by atoms with Gasteiger partial charge in [0.25, 0.3) is 0 Å². The molecule has 0 spiro atoms. The fourth-order valence-corrected chi connectivity index (χ4v) is 9.90. The number of nitrogen functional groups attached to an aromatic ring is 1. The van der Waals surface area contributed by atoms with Crippen LogP contribution in [-0.2, 0) is 11.7 Å². The van der Waals surface area contributed by atoms with E-state index in [1.165, 1.54) is 22.9 Å². The molecule has 62 heavy (non-hydrogen) atoms. The fourth-order valence-electron chi connectivity index (χ4n) is 9.56. The highest BCUT2D eigenvalue weighted by Crippen LogP contribution is 2.49. The Bertz CT molecular complexity index is 2460. The molecule has 1 aliphatic carbocycles. The standard InChI is InChI=1S/C48H48ClF4N7O2/c1-45(61)18-11-21-59(29-45)43-37-28-55-41(36-26-35(54)27-38(49)39(36)48(51,52)53)40(50)42(37)56-44(57-43)62-31-46(19-20-46)30-58-22-24-60(25-23-58)47(32-12-5-2-6-13-32,33-14-7-3-8-15-33)34-16-9-4-10-17-34/h2-10,12-17,26-28,61H,11,18-25,29-31,54H2,1H3/t45-/m1/s1. The third kappa shape index (κ3) is 8.07. The molecule has 0 radical (unpaired) electrons. The molecule has 9 rings (SSSR count). The lowest BCUT2D eigenvalue weighted by atomic mass is 9.75. The van der Waals surface area contributed by atoms with E-state index in [1.54, 1.807) is 6.92 Å². The maximum atomic E-state index is 16.8. The van der Waals surface area contributed by atoms with Crippen LogP contribution >= 0.6 is 11.6 Å². The number of piperazine rings is 1. The van der Waals surface area contributed by atoms with Crippen LogP contribution in [0.25, 0.3) is 22.2 Å². The normalized spacial score (nSPS) is 19.8. The minimum Gasteiger partial charge on any atom is -0.463 e. The van der Waals surface area contributed by atoms with Crippen molar-refractivity contribution in [3.05, 3.63) is 142 Å². The Morgan fingerprint density at radius 3 is 1.97 bits per heavy atom. The number of β-amino-alcohol motifs (C(OH)–C–C–N with tert-alkyl or cyclic N) is 1. The average Bonchev–Trinajstić information content (AvgIpc) is 4.03. The van der Waals surface area contributed by atoms with E-state index in [4.69, 9.17) is 27.1 Å². The molecule has 0 bridgehead atoms. The van der Waals surface area contributed by atoms with Crippen LogP contribution in [0, 0.1) is 11.2 Å². The second-order valence-corrected chi connectivity index (χ2v) is 17.7. The largest absolute Gasteiger partial charge is 0.463 e. The Balaban J connectivity index is 0.991. The summed E-state index contributed by atoms with van der Waals surface area (Å²) < 4.78 is 66.1. The van der Waals surface area contributed by atoms with Gasteiger partial charge >= 0.3 is 12.2 Å². The number of hydrogen-bond donors (Lipinski definition) is 2. The maximum Gasteiger partial charge on any atom is 0.418 e. The number of nitrogens with two attached hydrogens (primary N) is 1. The molecule has 2 aromatic heterocycles. The number of aromatic nitrogens is 3. The van der Waals surface area contributed by atoms with Crippen molar-refractivity contribution in [2.24, 2.45) is 5.41 Å². The highest BCUT2D eigenvalue weighted by atomic mass is 35.5. The van der Waals surface area contributed by atoms with Gasteiger partial charge in [-0.1, -0.05) is 103 Å². The van der Waals surface area contributed by atoms with Crippen molar-refractivity contribution >= 4 is 34.0 Å². The van der Waals surface area contributed by atoms with Gasteiger partial charge in [0, 0.05) is 68.7 Å². The highest BCUT2D eigenvalue weighted by Gasteiger charge is 2.48. The first-order valence-corrected chi connectivity index (χ1v) is 21.4. The molecule has 9 nitrogen and oxygen atoms in total. The van der Waals surface area contributed by atoms with E-state index in [0.29, 0.717) is 19.4 Å². The molecule has 322 valence electrons. The summed E-state index contributed by atoms with van der Waals surface area (Å²) in [4.78, 5) is 20.3. The quantitative estimate of drug-likeness (QED) is 0.0750. The van der Waals surface area contributed by atoms with E-state index in [1.807, 2.05) is 4.90 Å². The molecule has 6 aromatic rings. The van der Waals surface area contributed by atoms with Gasteiger partial charge in [-0.2, -0.15) is 23.1 Å². The molecule has 4 heterocycles. The SMILES string of the molecule is C[C@@]1(O)CCCN(c2nc(OCC3(CN4CCN(C(c5ccccc5)(c5ccccc5)c5ccccc5)CC4)CC3)nc3c(F)c(-c4cc(N)cc(Cl)c4C(F)(F)F)ncc23)C1. The number of nitrogens with zero attached hydrogens (tertiary/aromatic N) is 6. The van der Waals surface area contributed by atoms with E-state index >= 15 is 4.39 Å². The number of pyridine rings is 1. The lowest BCUT2D eigenvalue weighted by molar-refractivity contribution is -0.137. The van der Waals surface area contributed by atoms with Crippen LogP contribution in [0.3, 0.4) is 0 Å². The predicted octanol–water partition coefficient (Wildman–Crippen LogP) is 9.21. The summed E-state index contributed by atoms with van der Waals surface area (Å²) >= 11 is 6.05. The molecule has 3 N–H and O–H groups in total. The Labute approximate surface area is 363 Å². The Morgan fingerprint density at radius 2 is 1.42 bits per heavy atom. The molecule has 1 saturated carbocycles. The second-order valence-electron chi connectivity index (χ2n) is 17.3. The first-order valence-electron chi connectivity index (χ1n) is 21.0. The number of benzene rings is 4. The van der Waals surface area contributed by atoms with E-state index < -0.39 is 45.0 Å². The predicted molar refractivity (Wildman–Crippen MR) is 234 cm³/mol. The summed E-state index contributed by atoms with van der Waals surface area (Å²) in [5.41, 5.74) is 5.00. The van der Waals surface area contributed by atoms with Crippen LogP contribution in [-0.4, -0.2) is 87.9 Å². The first kappa shape index (κ1) is 42.0. The molecule has 3 fully saturated rings. The number of anilines is 2. The van der Waals surface area contributed by atoms with Gasteiger partial charge in [-0.3, -0.25) is 9.88 Å². The minimum atomic E-state index is -4.92. The van der Waals surface area contributed by atoms with Crippen molar-refractivity contribution in [1.29, 1.82) is 0 Å². The summed E-state index contributed by atoms with van der Waals surface area (Å²) in [6, 6.07) is 33.9. The third-order valence-corrected chi connectivity index (χ3v) is 13.0. The van der Waals surface area contributed by atoms with Crippen molar-refractivity contribution < 1.29 is 27.4 Å². The van der Waals surface area contributed by atoms with E-state index in [2.05, 4.69) is 111 Å². The van der Waals surface area contributed by atoms with Gasteiger partial charge in [-0.15, -0.1) is 0 Å². The van der Waals surface area contributed by atoms with Crippen LogP contribution < -0.4 is 15.4 Å². The summed E-state index contributed by atoms with van der Waals surface area (Å²) in [5.74, 6) is -0.812. The third-order valence-electron chi connectivity index (χ3n) is 12.7. The second kappa shape index (κ2) is 16.4. The zero-order chi connectivity index (χ0) is 43.3. The zero-order valence-corrected chi connectivity index (χ0v) is 35.1. The molecule has 14 heteroatoms. The van der Waals surface area contributed by atoms with Gasteiger partial charge in [0.15, 0.2) is 5.82 Å². The van der Waals surface area contributed by atoms with Gasteiger partial charge in [-0.25, -0.2) is 4.39 Å². The Hall–Kier alpha value is -5.34. The smallest absolute Gasteiger partial charge is 0.418 e. The van der Waals surface area contributed by atoms with Gasteiger partial charge in [0.2, 0.25) is 0 Å². The van der Waals surface area contributed by atoms with Crippen LogP contribution in [0.5, 0.6) is 6.01 Å². The maximum absolute atomic E-state index is 16.8. The van der Waals surface area contributed by atoms with Crippen LogP contribution in [0.15, 0.2) is 109 Å². The number of piperidine rings is 1. The van der Waals surface area contributed by atoms with Crippen LogP contribution in [0.4, 0.5) is 29.1 Å². The van der Waals surface area contributed by atoms with Gasteiger partial charge in [-0.05, 0) is 61.4 Å². The Morgan fingerprint density at radius 1 is 0.823 bits per heavy atom. The topological polar surface area (TPSA) is 104 Å². The molecular formula is C48H48ClF4N7O2. The first-order chi connectivity index (χ1) is 29.8. The lowest BCUT2D eigenvalue weighted by Crippen LogP contribution is -2.57. The highest BCUT2D eigenvalue weighted by molar-refractivity contribution is 6.32. The van der Waals surface area contributed by atoms with Crippen molar-refractivity contribution in [3.63, 3.8) is 0 Å². The van der Waals surface area contributed by atoms with E-state index in [-0.39, 0.29) is 47.0 Å². The van der Waals surface area contributed by atoms with E-state index in [9.17, 15) is 18.3 Å². The molecule has 4 aromatic carbocycles. The molecule has 2 aliphatic heterocycles. The summed E-state index contributed by atoms with van der Waals surface area (Å²) in [5, 5.41) is 10.5. The van der Waals surface area contributed by atoms with Gasteiger partial charge in [0.05, 0.1) is 33.7 Å². The lowest BCUT2D eigenvalue weighted by Gasteiger charge is -2.49. The van der Waals surface area contributed by atoms with Crippen molar-refractivity contribution in [1.82, 2.24) is 24.8 Å².